The SMILES string of the molecule is C=C[C@@H]1CC1(NC(=O)[C@@H]1C[C@@H](OC(=O)N2Cc3cccc(F)c3C2)C2C/C=C\CC(NC(=O)OC(C)(C)C)C(=O)N21)C(=O)NS(=O)(=O)C1CC1. The molecule has 1 aromatic rings. The van der Waals surface area contributed by atoms with Gasteiger partial charge in [0.15, 0.2) is 0 Å². The third-order valence-electron chi connectivity index (χ3n) is 9.73. The van der Waals surface area contributed by atoms with E-state index in [9.17, 15) is 36.8 Å². The van der Waals surface area contributed by atoms with Crippen molar-refractivity contribution in [1.82, 2.24) is 25.2 Å². The summed E-state index contributed by atoms with van der Waals surface area (Å²) in [7, 11) is -3.93. The number of hydrogen-bond donors (Lipinski definition) is 3. The molecule has 3 fully saturated rings. The number of ether oxygens (including phenoxy) is 2. The second-order valence-electron chi connectivity index (χ2n) is 14.5. The van der Waals surface area contributed by atoms with Crippen molar-refractivity contribution in [3.05, 3.63) is 60.0 Å². The Morgan fingerprint density at radius 2 is 1.82 bits per heavy atom. The Kier molecular flexibility index (Phi) is 9.20. The molecule has 14 nitrogen and oxygen atoms in total. The van der Waals surface area contributed by atoms with E-state index in [0.717, 1.165) is 0 Å². The van der Waals surface area contributed by atoms with Gasteiger partial charge in [0.1, 0.15) is 35.1 Å². The summed E-state index contributed by atoms with van der Waals surface area (Å²) in [5.74, 6) is -3.31. The molecule has 2 saturated carbocycles. The molecular weight excluding hydrogens is 673 g/mol. The summed E-state index contributed by atoms with van der Waals surface area (Å²) >= 11 is 0. The Morgan fingerprint density at radius 3 is 2.46 bits per heavy atom. The van der Waals surface area contributed by atoms with Crippen molar-refractivity contribution in [3.8, 4) is 0 Å². The van der Waals surface area contributed by atoms with E-state index in [4.69, 9.17) is 9.47 Å². The van der Waals surface area contributed by atoms with Crippen molar-refractivity contribution < 1.29 is 46.3 Å². The van der Waals surface area contributed by atoms with Gasteiger partial charge in [-0.25, -0.2) is 22.4 Å². The molecule has 270 valence electrons. The maximum Gasteiger partial charge on any atom is 0.410 e. The lowest BCUT2D eigenvalue weighted by Gasteiger charge is -2.35. The average molecular weight is 716 g/mol. The normalized spacial score (nSPS) is 29.4. The predicted octanol–water partition coefficient (Wildman–Crippen LogP) is 2.53. The molecule has 6 atom stereocenters. The monoisotopic (exact) mass is 715 g/mol. The van der Waals surface area contributed by atoms with Crippen LogP contribution in [0.5, 0.6) is 0 Å². The number of nitrogens with zero attached hydrogens (tertiary/aromatic N) is 2. The molecule has 5 amide bonds. The maximum atomic E-state index is 14.4. The minimum Gasteiger partial charge on any atom is -0.444 e. The lowest BCUT2D eigenvalue weighted by atomic mass is 10.0. The molecule has 1 saturated heterocycles. The number of hydrogen-bond acceptors (Lipinski definition) is 9. The molecule has 6 rings (SSSR count). The fourth-order valence-electron chi connectivity index (χ4n) is 6.90. The van der Waals surface area contributed by atoms with Crippen LogP contribution >= 0.6 is 0 Å². The van der Waals surface area contributed by atoms with Crippen LogP contribution in [0.25, 0.3) is 0 Å². The quantitative estimate of drug-likeness (QED) is 0.341. The number of sulfonamides is 1. The molecule has 0 bridgehead atoms. The zero-order chi connectivity index (χ0) is 36.2. The Morgan fingerprint density at radius 1 is 1.10 bits per heavy atom. The molecule has 3 unspecified atom stereocenters. The molecule has 0 aromatic heterocycles. The van der Waals surface area contributed by atoms with Gasteiger partial charge >= 0.3 is 12.2 Å². The van der Waals surface area contributed by atoms with Gasteiger partial charge in [0, 0.05) is 24.4 Å². The van der Waals surface area contributed by atoms with E-state index in [1.165, 1.54) is 21.9 Å². The first-order chi connectivity index (χ1) is 23.5. The summed E-state index contributed by atoms with van der Waals surface area (Å²) in [6.45, 7) is 8.84. The average Bonchev–Trinajstić information content (AvgIpc) is 3.93. The minimum atomic E-state index is -3.93. The van der Waals surface area contributed by atoms with Crippen LogP contribution in [-0.2, 0) is 47.0 Å². The van der Waals surface area contributed by atoms with E-state index in [-0.39, 0.29) is 38.8 Å². The standard InChI is InChI=1S/C34H42FN5O9S/c1-5-20-16-34(20,30(43)38-50(46,47)21-13-14-21)37-28(41)26-15-27(48-32(45)39-17-19-9-8-10-23(35)22(19)18-39)25-12-7-6-11-24(29(42)40(25)26)36-31(44)49-33(2,3)4/h5-10,20-21,24-27H,1,11-18H2,2-4H3,(H,36,44)(H,37,41)(H,38,43)/b7-6-/t20-,24?,25?,26+,27-,34?/m1/s1. The fraction of sp³-hybridized carbons (Fsp3) is 0.559. The van der Waals surface area contributed by atoms with Crippen molar-refractivity contribution >= 4 is 39.9 Å². The Hall–Kier alpha value is -4.47. The molecule has 0 radical (unpaired) electrons. The van der Waals surface area contributed by atoms with Crippen LogP contribution < -0.4 is 15.4 Å². The zero-order valence-electron chi connectivity index (χ0n) is 28.1. The molecule has 5 aliphatic rings. The number of amides is 5. The molecule has 3 N–H and O–H groups in total. The Balaban J connectivity index is 1.26. The largest absolute Gasteiger partial charge is 0.444 e. The molecule has 2 aliphatic carbocycles. The van der Waals surface area contributed by atoms with Gasteiger partial charge in [-0.2, -0.15) is 0 Å². The van der Waals surface area contributed by atoms with Crippen LogP contribution in [-0.4, -0.2) is 88.7 Å². The second-order valence-corrected chi connectivity index (χ2v) is 16.5. The Bertz CT molecular complexity index is 1760. The van der Waals surface area contributed by atoms with Gasteiger partial charge in [-0.1, -0.05) is 30.4 Å². The number of carbonyl (C=O) groups excluding carboxylic acids is 5. The number of benzene rings is 1. The lowest BCUT2D eigenvalue weighted by molar-refractivity contribution is -0.143. The fourth-order valence-corrected chi connectivity index (χ4v) is 8.26. The van der Waals surface area contributed by atoms with Gasteiger partial charge < -0.3 is 25.0 Å². The van der Waals surface area contributed by atoms with E-state index in [2.05, 4.69) is 21.9 Å². The van der Waals surface area contributed by atoms with Gasteiger partial charge in [-0.15, -0.1) is 6.58 Å². The predicted molar refractivity (Wildman–Crippen MR) is 176 cm³/mol. The van der Waals surface area contributed by atoms with E-state index in [0.29, 0.717) is 24.0 Å². The van der Waals surface area contributed by atoms with Crippen LogP contribution in [0.1, 0.15) is 70.4 Å². The van der Waals surface area contributed by atoms with Gasteiger partial charge in [0.05, 0.1) is 17.8 Å². The summed E-state index contributed by atoms with van der Waals surface area (Å²) in [5.41, 5.74) is -1.45. The second kappa shape index (κ2) is 13.0. The third kappa shape index (κ3) is 7.07. The molecule has 16 heteroatoms. The van der Waals surface area contributed by atoms with Gasteiger partial charge in [0.2, 0.25) is 21.8 Å². The molecular formula is C34H42FN5O9S. The minimum absolute atomic E-state index is 0.0170. The first-order valence-electron chi connectivity index (χ1n) is 16.7. The van der Waals surface area contributed by atoms with Crippen molar-refractivity contribution in [2.45, 2.75) is 113 Å². The van der Waals surface area contributed by atoms with Crippen LogP contribution in [0.3, 0.4) is 0 Å². The maximum absolute atomic E-state index is 14.4. The molecule has 1 aromatic carbocycles. The highest BCUT2D eigenvalue weighted by Gasteiger charge is 2.62. The zero-order valence-corrected chi connectivity index (χ0v) is 29.0. The molecule has 0 spiro atoms. The summed E-state index contributed by atoms with van der Waals surface area (Å²) in [4.78, 5) is 70.7. The Labute approximate surface area is 289 Å². The van der Waals surface area contributed by atoms with Gasteiger partial charge in [0.25, 0.3) is 5.91 Å². The number of rotatable bonds is 8. The summed E-state index contributed by atoms with van der Waals surface area (Å²) in [6.07, 6.45) is 3.39. The number of halogens is 1. The highest BCUT2D eigenvalue weighted by Crippen LogP contribution is 2.46. The number of nitrogens with one attached hydrogen (secondary N) is 3. The lowest BCUT2D eigenvalue weighted by Crippen LogP contribution is -2.60. The van der Waals surface area contributed by atoms with E-state index < -0.39 is 92.3 Å². The topological polar surface area (TPSA) is 181 Å². The van der Waals surface area contributed by atoms with Crippen LogP contribution in [0.2, 0.25) is 0 Å². The summed E-state index contributed by atoms with van der Waals surface area (Å²) in [5, 5.41) is 4.63. The summed E-state index contributed by atoms with van der Waals surface area (Å²) < 4.78 is 53.1. The highest BCUT2D eigenvalue weighted by atomic mass is 32.2. The van der Waals surface area contributed by atoms with E-state index in [1.807, 2.05) is 0 Å². The van der Waals surface area contributed by atoms with Gasteiger partial charge in [-0.3, -0.25) is 24.0 Å². The smallest absolute Gasteiger partial charge is 0.410 e. The molecule has 3 heterocycles. The van der Waals surface area contributed by atoms with E-state index >= 15 is 0 Å². The van der Waals surface area contributed by atoms with Crippen LogP contribution in [0.4, 0.5) is 14.0 Å². The number of carbonyl (C=O) groups is 5. The number of alkyl carbamates (subject to hydrolysis) is 1. The first-order valence-corrected chi connectivity index (χ1v) is 18.3. The van der Waals surface area contributed by atoms with Crippen molar-refractivity contribution in [2.75, 3.05) is 0 Å². The number of fused-ring (bicyclic) bond motifs is 2. The summed E-state index contributed by atoms with van der Waals surface area (Å²) in [6, 6.07) is 1.32. The third-order valence-corrected chi connectivity index (χ3v) is 11.5. The first kappa shape index (κ1) is 35.4. The van der Waals surface area contributed by atoms with Crippen molar-refractivity contribution in [3.63, 3.8) is 0 Å². The van der Waals surface area contributed by atoms with Crippen molar-refractivity contribution in [1.29, 1.82) is 0 Å². The van der Waals surface area contributed by atoms with E-state index in [1.54, 1.807) is 45.1 Å². The van der Waals surface area contributed by atoms with Crippen molar-refractivity contribution in [2.24, 2.45) is 5.92 Å². The molecule has 3 aliphatic heterocycles. The van der Waals surface area contributed by atoms with Crippen LogP contribution in [0, 0.1) is 11.7 Å². The van der Waals surface area contributed by atoms with Gasteiger partial charge in [-0.05, 0) is 64.5 Å². The molecule has 50 heavy (non-hydrogen) atoms. The highest BCUT2D eigenvalue weighted by molar-refractivity contribution is 7.91. The van der Waals surface area contributed by atoms with Crippen LogP contribution in [0.15, 0.2) is 43.0 Å².